The number of hydrogen-bond donors (Lipinski definition) is 1. The number of rotatable bonds is 10. The topological polar surface area (TPSA) is 114 Å². The summed E-state index contributed by atoms with van der Waals surface area (Å²) in [6.45, 7) is 4.98. The van der Waals surface area contributed by atoms with Gasteiger partial charge in [-0.2, -0.15) is 0 Å². The molecule has 0 radical (unpaired) electrons. The molecule has 1 N–H and O–H groups in total. The molecule has 0 saturated heterocycles. The van der Waals surface area contributed by atoms with Crippen LogP contribution in [0.15, 0.2) is 23.3 Å². The van der Waals surface area contributed by atoms with Crippen molar-refractivity contribution >= 4 is 5.97 Å². The summed E-state index contributed by atoms with van der Waals surface area (Å²) in [6.07, 6.45) is 0.306. The highest BCUT2D eigenvalue weighted by Crippen LogP contribution is 2.32. The van der Waals surface area contributed by atoms with Crippen molar-refractivity contribution in [2.45, 2.75) is 38.8 Å². The first-order valence-corrected chi connectivity index (χ1v) is 7.78. The third-order valence-electron chi connectivity index (χ3n) is 3.15. The standard InChI is InChI=1S/C16H23N3O5/c1-4-8-23-12-7-6-11(10-13(12)24-9-5-2)15(20)14(18-19-17)16(21)22-3/h6-7,10,14-15,20H,4-5,8-9H2,1-3H3. The zero-order chi connectivity index (χ0) is 17.9. The summed E-state index contributed by atoms with van der Waals surface area (Å²) < 4.78 is 15.8. The van der Waals surface area contributed by atoms with Crippen LogP contribution in [0.5, 0.6) is 11.5 Å². The Balaban J connectivity index is 3.12. The predicted molar refractivity (Wildman–Crippen MR) is 87.9 cm³/mol. The van der Waals surface area contributed by atoms with Crippen molar-refractivity contribution in [3.8, 4) is 11.5 Å². The Morgan fingerprint density at radius 1 is 1.25 bits per heavy atom. The van der Waals surface area contributed by atoms with Gasteiger partial charge in [0.25, 0.3) is 0 Å². The highest BCUT2D eigenvalue weighted by Gasteiger charge is 2.28. The normalized spacial score (nSPS) is 12.7. The number of methoxy groups -OCH3 is 1. The van der Waals surface area contributed by atoms with Crippen molar-refractivity contribution < 1.29 is 24.1 Å². The fraction of sp³-hybridized carbons (Fsp3) is 0.562. The van der Waals surface area contributed by atoms with E-state index in [1.807, 2.05) is 13.8 Å². The van der Waals surface area contributed by atoms with Crippen molar-refractivity contribution in [3.05, 3.63) is 34.2 Å². The first-order chi connectivity index (χ1) is 11.6. The number of azide groups is 1. The van der Waals surface area contributed by atoms with E-state index in [2.05, 4.69) is 14.8 Å². The smallest absolute Gasteiger partial charge is 0.317 e. The number of benzene rings is 1. The van der Waals surface area contributed by atoms with Crippen LogP contribution in [0.4, 0.5) is 0 Å². The maximum absolute atomic E-state index is 11.7. The maximum Gasteiger partial charge on any atom is 0.317 e. The Kier molecular flexibility index (Phi) is 8.46. The molecule has 8 nitrogen and oxygen atoms in total. The zero-order valence-electron chi connectivity index (χ0n) is 14.1. The Morgan fingerprint density at radius 2 is 1.88 bits per heavy atom. The Hall–Kier alpha value is -2.44. The fourth-order valence-corrected chi connectivity index (χ4v) is 1.96. The molecule has 1 rings (SSSR count). The first kappa shape index (κ1) is 19.6. The lowest BCUT2D eigenvalue weighted by Crippen LogP contribution is -2.27. The van der Waals surface area contributed by atoms with Crippen LogP contribution in [-0.2, 0) is 9.53 Å². The van der Waals surface area contributed by atoms with Crippen molar-refractivity contribution in [2.75, 3.05) is 20.3 Å². The molecule has 0 bridgehead atoms. The minimum absolute atomic E-state index is 0.368. The molecule has 0 aliphatic rings. The second-order valence-corrected chi connectivity index (χ2v) is 5.02. The van der Waals surface area contributed by atoms with Gasteiger partial charge in [0.05, 0.1) is 26.4 Å². The van der Waals surface area contributed by atoms with E-state index in [0.717, 1.165) is 20.0 Å². The maximum atomic E-state index is 11.7. The largest absolute Gasteiger partial charge is 0.490 e. The second kappa shape index (κ2) is 10.4. The van der Waals surface area contributed by atoms with Crippen molar-refractivity contribution in [2.24, 2.45) is 5.11 Å². The van der Waals surface area contributed by atoms with Crippen LogP contribution in [-0.4, -0.2) is 37.4 Å². The van der Waals surface area contributed by atoms with E-state index >= 15 is 0 Å². The molecule has 0 aliphatic carbocycles. The molecular weight excluding hydrogens is 314 g/mol. The van der Waals surface area contributed by atoms with Crippen LogP contribution in [0.2, 0.25) is 0 Å². The Labute approximate surface area is 141 Å². The van der Waals surface area contributed by atoms with Crippen LogP contribution in [0.25, 0.3) is 10.4 Å². The fourth-order valence-electron chi connectivity index (χ4n) is 1.96. The highest BCUT2D eigenvalue weighted by molar-refractivity contribution is 5.77. The summed E-state index contributed by atoms with van der Waals surface area (Å²) >= 11 is 0. The van der Waals surface area contributed by atoms with Gasteiger partial charge in [0.1, 0.15) is 0 Å². The number of aliphatic hydroxyl groups is 1. The van der Waals surface area contributed by atoms with Gasteiger partial charge in [0.2, 0.25) is 0 Å². The van der Waals surface area contributed by atoms with Crippen LogP contribution in [0.3, 0.4) is 0 Å². The number of nitrogens with zero attached hydrogens (tertiary/aromatic N) is 3. The summed E-state index contributed by atoms with van der Waals surface area (Å²) in [7, 11) is 1.16. The third kappa shape index (κ3) is 5.33. The lowest BCUT2D eigenvalue weighted by Gasteiger charge is -2.19. The monoisotopic (exact) mass is 337 g/mol. The molecule has 1 aromatic carbocycles. The van der Waals surface area contributed by atoms with E-state index in [1.54, 1.807) is 18.2 Å². The molecule has 0 amide bonds. The SMILES string of the molecule is CCCOc1ccc(C(O)C(N=[N+]=[N-])C(=O)OC)cc1OCCC. The summed E-state index contributed by atoms with van der Waals surface area (Å²) in [6, 6.07) is 3.45. The number of ether oxygens (including phenoxy) is 3. The average Bonchev–Trinajstić information content (AvgIpc) is 2.61. The van der Waals surface area contributed by atoms with Crippen LogP contribution >= 0.6 is 0 Å². The van der Waals surface area contributed by atoms with E-state index in [1.165, 1.54) is 0 Å². The van der Waals surface area contributed by atoms with Gasteiger partial charge < -0.3 is 19.3 Å². The van der Waals surface area contributed by atoms with Gasteiger partial charge in [-0.15, -0.1) is 0 Å². The number of hydrogen-bond acceptors (Lipinski definition) is 6. The van der Waals surface area contributed by atoms with E-state index in [4.69, 9.17) is 15.0 Å². The molecule has 1 aromatic rings. The van der Waals surface area contributed by atoms with E-state index in [0.29, 0.717) is 30.3 Å². The molecule has 0 aliphatic heterocycles. The molecule has 2 atom stereocenters. The molecule has 0 heterocycles. The van der Waals surface area contributed by atoms with Crippen LogP contribution in [0, 0.1) is 0 Å². The molecule has 0 fully saturated rings. The Bertz CT molecular complexity index is 587. The van der Waals surface area contributed by atoms with E-state index in [9.17, 15) is 9.90 Å². The quantitative estimate of drug-likeness (QED) is 0.305. The number of esters is 1. The number of carbonyl (C=O) groups is 1. The van der Waals surface area contributed by atoms with Gasteiger partial charge in [-0.3, -0.25) is 4.79 Å². The van der Waals surface area contributed by atoms with Gasteiger partial charge in [-0.05, 0) is 36.1 Å². The van der Waals surface area contributed by atoms with Crippen LogP contribution < -0.4 is 9.47 Å². The van der Waals surface area contributed by atoms with Crippen molar-refractivity contribution in [3.63, 3.8) is 0 Å². The van der Waals surface area contributed by atoms with Crippen molar-refractivity contribution in [1.82, 2.24) is 0 Å². The Morgan fingerprint density at radius 3 is 2.42 bits per heavy atom. The molecule has 2 unspecified atom stereocenters. The van der Waals surface area contributed by atoms with Gasteiger partial charge in [-0.1, -0.05) is 25.0 Å². The molecule has 8 heteroatoms. The van der Waals surface area contributed by atoms with E-state index in [-0.39, 0.29) is 0 Å². The van der Waals surface area contributed by atoms with Gasteiger partial charge in [0.15, 0.2) is 17.5 Å². The summed E-state index contributed by atoms with van der Waals surface area (Å²) in [5.74, 6) is 0.202. The number of carbonyl (C=O) groups excluding carboxylic acids is 1. The predicted octanol–water partition coefficient (Wildman–Crippen LogP) is 3.15. The molecule has 24 heavy (non-hydrogen) atoms. The minimum Gasteiger partial charge on any atom is -0.490 e. The van der Waals surface area contributed by atoms with Crippen molar-refractivity contribution in [1.29, 1.82) is 0 Å². The average molecular weight is 337 g/mol. The first-order valence-electron chi connectivity index (χ1n) is 7.78. The zero-order valence-corrected chi connectivity index (χ0v) is 14.1. The second-order valence-electron chi connectivity index (χ2n) is 5.02. The molecule has 0 saturated carbocycles. The van der Waals surface area contributed by atoms with Gasteiger partial charge in [-0.25, -0.2) is 0 Å². The van der Waals surface area contributed by atoms with Crippen LogP contribution in [0.1, 0.15) is 38.4 Å². The summed E-state index contributed by atoms with van der Waals surface area (Å²) in [5.41, 5.74) is 8.95. The van der Waals surface area contributed by atoms with E-state index < -0.39 is 18.1 Å². The summed E-state index contributed by atoms with van der Waals surface area (Å²) in [4.78, 5) is 14.3. The molecular formula is C16H23N3O5. The summed E-state index contributed by atoms with van der Waals surface area (Å²) in [5, 5.41) is 13.7. The van der Waals surface area contributed by atoms with Gasteiger partial charge >= 0.3 is 5.97 Å². The molecule has 0 aromatic heterocycles. The lowest BCUT2D eigenvalue weighted by atomic mass is 10.0. The molecule has 0 spiro atoms. The third-order valence-corrected chi connectivity index (χ3v) is 3.15. The minimum atomic E-state index is -1.37. The van der Waals surface area contributed by atoms with Gasteiger partial charge in [0, 0.05) is 4.91 Å². The highest BCUT2D eigenvalue weighted by atomic mass is 16.5. The molecule has 132 valence electrons. The number of aliphatic hydroxyl groups excluding tert-OH is 1. The lowest BCUT2D eigenvalue weighted by molar-refractivity contribution is -0.144.